The van der Waals surface area contributed by atoms with E-state index in [1.807, 2.05) is 79.7 Å². The summed E-state index contributed by atoms with van der Waals surface area (Å²) < 4.78 is 6.39. The summed E-state index contributed by atoms with van der Waals surface area (Å²) in [6, 6.07) is 28.9. The second kappa shape index (κ2) is 12.1. The minimum Gasteiger partial charge on any atom is -0.508 e. The molecule has 2 aliphatic carbocycles. The highest BCUT2D eigenvalue weighted by atomic mass is 127. The largest absolute Gasteiger partial charge is 0.508 e. The van der Waals surface area contributed by atoms with Gasteiger partial charge < -0.3 is 9.84 Å². The number of hydrogen-bond donors (Lipinski definition) is 2. The lowest BCUT2D eigenvalue weighted by Gasteiger charge is -2.50. The zero-order valence-corrected chi connectivity index (χ0v) is 29.5. The Kier molecular flexibility index (Phi) is 7.81. The summed E-state index contributed by atoms with van der Waals surface area (Å²) in [5.41, 5.74) is 5.59. The van der Waals surface area contributed by atoms with Crippen molar-refractivity contribution >= 4 is 57.6 Å². The zero-order valence-electron chi connectivity index (χ0n) is 27.4. The molecular formula is C40H34IN3O6. The van der Waals surface area contributed by atoms with Crippen molar-refractivity contribution in [3.63, 3.8) is 0 Å². The molecule has 0 radical (unpaired) electrons. The molecule has 2 heterocycles. The summed E-state index contributed by atoms with van der Waals surface area (Å²) in [4.78, 5) is 59.7. The van der Waals surface area contributed by atoms with Gasteiger partial charge in [0.05, 0.1) is 41.7 Å². The first kappa shape index (κ1) is 32.2. The molecule has 6 atom stereocenters. The predicted molar refractivity (Wildman–Crippen MR) is 195 cm³/mol. The molecule has 2 aliphatic heterocycles. The van der Waals surface area contributed by atoms with E-state index in [1.54, 1.807) is 24.3 Å². The Labute approximate surface area is 303 Å². The molecule has 3 fully saturated rings. The number of fused-ring (bicyclic) bond motifs is 4. The van der Waals surface area contributed by atoms with E-state index in [2.05, 4.69) is 28.0 Å². The number of benzene rings is 4. The summed E-state index contributed by atoms with van der Waals surface area (Å²) >= 11 is 2.18. The minimum atomic E-state index is -1.47. The highest BCUT2D eigenvalue weighted by Gasteiger charge is 2.70. The molecule has 4 aliphatic rings. The third-order valence-electron chi connectivity index (χ3n) is 11.0. The lowest BCUT2D eigenvalue weighted by molar-refractivity contribution is -0.138. The first-order chi connectivity index (χ1) is 24.1. The second-order valence-electron chi connectivity index (χ2n) is 13.5. The molecule has 4 aromatic rings. The van der Waals surface area contributed by atoms with Crippen molar-refractivity contribution in [3.8, 4) is 11.5 Å². The van der Waals surface area contributed by atoms with Crippen molar-refractivity contribution in [2.45, 2.75) is 31.1 Å². The number of imide groups is 2. The smallest absolute Gasteiger partial charge is 0.260 e. The van der Waals surface area contributed by atoms with E-state index in [1.165, 1.54) is 18.1 Å². The third kappa shape index (κ3) is 4.71. The van der Waals surface area contributed by atoms with Gasteiger partial charge in [0.2, 0.25) is 11.8 Å². The molecular weight excluding hydrogens is 745 g/mol. The van der Waals surface area contributed by atoms with E-state index in [0.29, 0.717) is 34.7 Å². The summed E-state index contributed by atoms with van der Waals surface area (Å²) in [5, 5.41) is 12.8. The van der Waals surface area contributed by atoms with E-state index >= 15 is 4.79 Å². The molecule has 2 saturated heterocycles. The van der Waals surface area contributed by atoms with Gasteiger partial charge in [-0.25, -0.2) is 0 Å². The van der Waals surface area contributed by atoms with Gasteiger partial charge in [-0.05, 0) is 96.3 Å². The Bertz CT molecular complexity index is 2080. The van der Waals surface area contributed by atoms with E-state index < -0.39 is 46.8 Å². The maximum atomic E-state index is 15.2. The van der Waals surface area contributed by atoms with Crippen molar-refractivity contribution in [2.24, 2.45) is 23.7 Å². The number of amides is 4. The van der Waals surface area contributed by atoms with Crippen LogP contribution in [0.25, 0.3) is 0 Å². The van der Waals surface area contributed by atoms with Crippen LogP contribution in [0, 0.1) is 34.2 Å². The second-order valence-corrected chi connectivity index (χ2v) is 14.8. The highest BCUT2D eigenvalue weighted by molar-refractivity contribution is 14.1. The number of rotatable bonds is 6. The normalized spacial score (nSPS) is 27.1. The van der Waals surface area contributed by atoms with Gasteiger partial charge in [0, 0.05) is 21.1 Å². The van der Waals surface area contributed by atoms with Crippen molar-refractivity contribution in [1.82, 2.24) is 5.01 Å². The van der Waals surface area contributed by atoms with Crippen LogP contribution < -0.4 is 15.1 Å². The maximum absolute atomic E-state index is 15.2. The number of phenols is 1. The van der Waals surface area contributed by atoms with Gasteiger partial charge in [0.1, 0.15) is 11.5 Å². The predicted octanol–water partition coefficient (Wildman–Crippen LogP) is 6.50. The molecule has 8 rings (SSSR count). The van der Waals surface area contributed by atoms with Gasteiger partial charge in [-0.15, -0.1) is 0 Å². The SMILES string of the molecule is COc1ccc([C@H]2C3=CC[C@@H]4C(=O)N(c5ccc(I)cc5)C(=O)[C@@H]4[C@@H]3C[C@H]3C(=O)N(Nc4ccc(C)cc4)C(=O)[C@@]23c2ccccc2)c(O)c1. The molecule has 1 saturated carbocycles. The molecule has 4 amide bonds. The van der Waals surface area contributed by atoms with Crippen molar-refractivity contribution in [3.05, 3.63) is 129 Å². The molecule has 0 aromatic heterocycles. The molecule has 0 bridgehead atoms. The fraction of sp³-hybridized carbons (Fsp3) is 0.250. The van der Waals surface area contributed by atoms with E-state index in [0.717, 1.165) is 19.7 Å². The number of methoxy groups -OCH3 is 1. The number of phenolic OH excluding ortho intramolecular Hbond substituents is 1. The van der Waals surface area contributed by atoms with Crippen LogP contribution in [0.2, 0.25) is 0 Å². The van der Waals surface area contributed by atoms with Crippen LogP contribution in [0.4, 0.5) is 11.4 Å². The van der Waals surface area contributed by atoms with Gasteiger partial charge >= 0.3 is 0 Å². The lowest BCUT2D eigenvalue weighted by Crippen LogP contribution is -2.53. The van der Waals surface area contributed by atoms with Crippen LogP contribution in [0.1, 0.15) is 35.4 Å². The van der Waals surface area contributed by atoms with E-state index in [4.69, 9.17) is 4.74 Å². The van der Waals surface area contributed by atoms with Crippen LogP contribution in [0.15, 0.2) is 109 Å². The number of ether oxygens (including phenoxy) is 1. The third-order valence-corrected chi connectivity index (χ3v) is 11.7. The number of anilines is 2. The Balaban J connectivity index is 1.32. The number of nitrogens with one attached hydrogen (secondary N) is 1. The van der Waals surface area contributed by atoms with E-state index in [9.17, 15) is 19.5 Å². The summed E-state index contributed by atoms with van der Waals surface area (Å²) in [6.45, 7) is 1.96. The Hall–Kier alpha value is -4.97. The fourth-order valence-electron chi connectivity index (χ4n) is 8.83. The van der Waals surface area contributed by atoms with Crippen LogP contribution in [0.3, 0.4) is 0 Å². The Morgan fingerprint density at radius 3 is 2.26 bits per heavy atom. The molecule has 0 unspecified atom stereocenters. The molecule has 9 nitrogen and oxygen atoms in total. The van der Waals surface area contributed by atoms with Crippen LogP contribution >= 0.6 is 22.6 Å². The van der Waals surface area contributed by atoms with Crippen LogP contribution in [-0.4, -0.2) is 40.9 Å². The molecule has 50 heavy (non-hydrogen) atoms. The molecule has 10 heteroatoms. The summed E-state index contributed by atoms with van der Waals surface area (Å²) in [7, 11) is 1.51. The van der Waals surface area contributed by atoms with Crippen molar-refractivity contribution in [2.75, 3.05) is 17.4 Å². The molecule has 252 valence electrons. The van der Waals surface area contributed by atoms with Gasteiger partial charge in [-0.3, -0.25) is 29.5 Å². The highest BCUT2D eigenvalue weighted by Crippen LogP contribution is 2.65. The number of allylic oxidation sites excluding steroid dienone is 2. The monoisotopic (exact) mass is 779 g/mol. The number of hydrazine groups is 1. The topological polar surface area (TPSA) is 116 Å². The Morgan fingerprint density at radius 2 is 1.58 bits per heavy atom. The van der Waals surface area contributed by atoms with Crippen molar-refractivity contribution in [1.29, 1.82) is 0 Å². The van der Waals surface area contributed by atoms with Gasteiger partial charge in [0.25, 0.3) is 11.8 Å². The van der Waals surface area contributed by atoms with Gasteiger partial charge in [-0.2, -0.15) is 5.01 Å². The molecule has 4 aromatic carbocycles. The summed E-state index contributed by atoms with van der Waals surface area (Å²) in [5.74, 6) is -4.75. The molecule has 2 N–H and O–H groups in total. The molecule has 0 spiro atoms. The minimum absolute atomic E-state index is 0.0911. The zero-order chi connectivity index (χ0) is 34.9. The number of nitrogens with zero attached hydrogens (tertiary/aromatic N) is 2. The summed E-state index contributed by atoms with van der Waals surface area (Å²) in [6.07, 6.45) is 2.45. The Morgan fingerprint density at radius 1 is 0.860 bits per heavy atom. The number of carbonyl (C=O) groups excluding carboxylic acids is 4. The average molecular weight is 780 g/mol. The number of hydrogen-bond acceptors (Lipinski definition) is 7. The first-order valence-corrected chi connectivity index (χ1v) is 17.7. The lowest BCUT2D eigenvalue weighted by atomic mass is 9.49. The van der Waals surface area contributed by atoms with Gasteiger partial charge in [0.15, 0.2) is 0 Å². The average Bonchev–Trinajstić information content (AvgIpc) is 3.51. The van der Waals surface area contributed by atoms with Crippen LogP contribution in [0.5, 0.6) is 11.5 Å². The van der Waals surface area contributed by atoms with Gasteiger partial charge in [-0.1, -0.05) is 65.7 Å². The number of halogens is 1. The quantitative estimate of drug-likeness (QED) is 0.130. The number of aromatic hydroxyl groups is 1. The van der Waals surface area contributed by atoms with Crippen LogP contribution in [-0.2, 0) is 24.6 Å². The number of aryl methyl sites for hydroxylation is 1. The standard InChI is InChI=1S/C40H34IN3O6/c1-22-8-12-25(13-9-22)42-44-37(47)32-21-31-28(18-19-30-34(31)38(48)43(36(30)46)26-14-10-24(41)11-15-26)35(29-17-16-27(50-2)20-33(29)45)40(32,39(44)49)23-6-4-3-5-7-23/h3-18,20,30-32,34-35,42,45H,19,21H2,1-2H3/t30-,31+,32-,34-,35+,40+/m0/s1. The van der Waals surface area contributed by atoms with E-state index in [-0.39, 0.29) is 24.0 Å². The van der Waals surface area contributed by atoms with Crippen molar-refractivity contribution < 1.29 is 29.0 Å². The maximum Gasteiger partial charge on any atom is 0.260 e. The fourth-order valence-corrected chi connectivity index (χ4v) is 9.19. The first-order valence-electron chi connectivity index (χ1n) is 16.6. The number of carbonyl (C=O) groups is 4.